The van der Waals surface area contributed by atoms with E-state index in [1.54, 1.807) is 25.2 Å². The number of carbonyl (C=O) groups is 1. The van der Waals surface area contributed by atoms with Gasteiger partial charge in [-0.05, 0) is 25.1 Å². The summed E-state index contributed by atoms with van der Waals surface area (Å²) >= 11 is 17.6. The van der Waals surface area contributed by atoms with Crippen LogP contribution in [-0.4, -0.2) is 29.8 Å². The summed E-state index contributed by atoms with van der Waals surface area (Å²) in [5.41, 5.74) is 0.397. The van der Waals surface area contributed by atoms with E-state index in [-0.39, 0.29) is 11.3 Å². The van der Waals surface area contributed by atoms with Gasteiger partial charge in [-0.25, -0.2) is 0 Å². The second kappa shape index (κ2) is 5.76. The molecule has 1 rings (SSSR count). The first-order valence-corrected chi connectivity index (χ1v) is 5.95. The van der Waals surface area contributed by atoms with Gasteiger partial charge in [0.05, 0.1) is 10.6 Å². The fourth-order valence-electron chi connectivity index (χ4n) is 1.33. The third-order valence-electron chi connectivity index (χ3n) is 2.03. The molecule has 0 radical (unpaired) electrons. The Bertz CT molecular complexity index is 393. The van der Waals surface area contributed by atoms with Crippen molar-refractivity contribution in [3.8, 4) is 0 Å². The summed E-state index contributed by atoms with van der Waals surface area (Å²) in [4.78, 5) is 13.5. The molecule has 0 saturated carbocycles. The van der Waals surface area contributed by atoms with Crippen LogP contribution < -0.4 is 0 Å². The van der Waals surface area contributed by atoms with Crippen molar-refractivity contribution in [2.75, 3.05) is 13.6 Å². The van der Waals surface area contributed by atoms with Crippen LogP contribution in [0.1, 0.15) is 17.3 Å². The van der Waals surface area contributed by atoms with E-state index in [4.69, 9.17) is 34.8 Å². The first kappa shape index (κ1) is 13.6. The van der Waals surface area contributed by atoms with Crippen LogP contribution in [0.25, 0.3) is 0 Å². The molecular formula is C11H12Cl3NO. The lowest BCUT2D eigenvalue weighted by Crippen LogP contribution is -2.31. The van der Waals surface area contributed by atoms with Crippen molar-refractivity contribution >= 4 is 40.7 Å². The van der Waals surface area contributed by atoms with E-state index in [0.29, 0.717) is 22.2 Å². The van der Waals surface area contributed by atoms with Crippen molar-refractivity contribution in [1.29, 1.82) is 0 Å². The van der Waals surface area contributed by atoms with E-state index in [9.17, 15) is 4.79 Å². The normalized spacial score (nSPS) is 12.3. The number of carbonyl (C=O) groups excluding carboxylic acids is 1. The van der Waals surface area contributed by atoms with E-state index >= 15 is 0 Å². The quantitative estimate of drug-likeness (QED) is 0.773. The Morgan fingerprint density at radius 3 is 2.62 bits per heavy atom. The Balaban J connectivity index is 2.91. The lowest BCUT2D eigenvalue weighted by atomic mass is 10.2. The Morgan fingerprint density at radius 2 is 2.06 bits per heavy atom. The van der Waals surface area contributed by atoms with Crippen molar-refractivity contribution in [2.45, 2.75) is 12.3 Å². The molecule has 1 amide bonds. The van der Waals surface area contributed by atoms with Gasteiger partial charge in [-0.2, -0.15) is 0 Å². The highest BCUT2D eigenvalue weighted by molar-refractivity contribution is 6.35. The first-order chi connectivity index (χ1) is 7.41. The van der Waals surface area contributed by atoms with Crippen LogP contribution in [0.3, 0.4) is 0 Å². The largest absolute Gasteiger partial charge is 0.340 e. The number of halogens is 3. The summed E-state index contributed by atoms with van der Waals surface area (Å²) in [7, 11) is 1.68. The van der Waals surface area contributed by atoms with Gasteiger partial charge in [-0.3, -0.25) is 4.79 Å². The van der Waals surface area contributed by atoms with Gasteiger partial charge in [0.1, 0.15) is 0 Å². The predicted octanol–water partition coefficient (Wildman–Crippen LogP) is 3.69. The molecule has 0 bridgehead atoms. The second-order valence-electron chi connectivity index (χ2n) is 3.59. The van der Waals surface area contributed by atoms with Gasteiger partial charge < -0.3 is 4.90 Å². The number of amides is 1. The number of hydrogen-bond donors (Lipinski definition) is 0. The van der Waals surface area contributed by atoms with E-state index in [0.717, 1.165) is 0 Å². The molecule has 2 nitrogen and oxygen atoms in total. The molecule has 0 N–H and O–H groups in total. The zero-order valence-corrected chi connectivity index (χ0v) is 11.3. The van der Waals surface area contributed by atoms with Crippen molar-refractivity contribution in [3.63, 3.8) is 0 Å². The van der Waals surface area contributed by atoms with Crippen LogP contribution in [0.4, 0.5) is 0 Å². The number of benzene rings is 1. The molecule has 0 saturated heterocycles. The fourth-order valence-corrected chi connectivity index (χ4v) is 1.90. The maximum atomic E-state index is 12.0. The molecule has 16 heavy (non-hydrogen) atoms. The second-order valence-corrected chi connectivity index (χ2v) is 5.18. The van der Waals surface area contributed by atoms with Gasteiger partial charge in [0.15, 0.2) is 0 Å². The molecular weight excluding hydrogens is 268 g/mol. The van der Waals surface area contributed by atoms with Crippen LogP contribution in [0.15, 0.2) is 18.2 Å². The van der Waals surface area contributed by atoms with Gasteiger partial charge in [0.2, 0.25) is 0 Å². The maximum absolute atomic E-state index is 12.0. The van der Waals surface area contributed by atoms with Crippen LogP contribution in [-0.2, 0) is 0 Å². The Labute approximate surface area is 110 Å². The minimum Gasteiger partial charge on any atom is -0.340 e. The highest BCUT2D eigenvalue weighted by Gasteiger charge is 2.16. The van der Waals surface area contributed by atoms with Gasteiger partial charge in [-0.15, -0.1) is 11.6 Å². The van der Waals surface area contributed by atoms with Crippen LogP contribution >= 0.6 is 34.8 Å². The lowest BCUT2D eigenvalue weighted by molar-refractivity contribution is 0.0796. The third kappa shape index (κ3) is 3.55. The predicted molar refractivity (Wildman–Crippen MR) is 68.7 cm³/mol. The Morgan fingerprint density at radius 1 is 1.44 bits per heavy atom. The molecule has 0 heterocycles. The molecule has 1 atom stereocenters. The molecule has 1 unspecified atom stereocenters. The number of nitrogens with zero attached hydrogens (tertiary/aromatic N) is 1. The van der Waals surface area contributed by atoms with Crippen molar-refractivity contribution < 1.29 is 4.79 Å². The van der Waals surface area contributed by atoms with Gasteiger partial charge in [0.25, 0.3) is 5.91 Å². The molecule has 0 spiro atoms. The van der Waals surface area contributed by atoms with Gasteiger partial charge >= 0.3 is 0 Å². The maximum Gasteiger partial charge on any atom is 0.255 e. The topological polar surface area (TPSA) is 20.3 Å². The first-order valence-electron chi connectivity index (χ1n) is 4.76. The fraction of sp³-hybridized carbons (Fsp3) is 0.364. The summed E-state index contributed by atoms with van der Waals surface area (Å²) in [6.45, 7) is 2.29. The molecule has 0 fully saturated rings. The van der Waals surface area contributed by atoms with Crippen molar-refractivity contribution in [2.24, 2.45) is 0 Å². The van der Waals surface area contributed by atoms with E-state index in [1.807, 2.05) is 6.92 Å². The van der Waals surface area contributed by atoms with E-state index in [1.165, 1.54) is 4.90 Å². The Hall–Kier alpha value is -0.440. The molecule has 0 aliphatic heterocycles. The molecule has 0 aromatic heterocycles. The smallest absolute Gasteiger partial charge is 0.255 e. The van der Waals surface area contributed by atoms with Crippen LogP contribution in [0.2, 0.25) is 10.0 Å². The zero-order valence-electron chi connectivity index (χ0n) is 9.01. The van der Waals surface area contributed by atoms with Crippen molar-refractivity contribution in [1.82, 2.24) is 4.90 Å². The lowest BCUT2D eigenvalue weighted by Gasteiger charge is -2.19. The standard InChI is InChI=1S/C11H12Cl3NO/c1-7(12)6-15(2)11(16)9-5-8(13)3-4-10(9)14/h3-5,7H,6H2,1-2H3. The molecule has 0 aliphatic rings. The minimum atomic E-state index is -0.181. The van der Waals surface area contributed by atoms with Gasteiger partial charge in [-0.1, -0.05) is 23.2 Å². The molecule has 88 valence electrons. The number of alkyl halides is 1. The Kier molecular flexibility index (Phi) is 4.90. The van der Waals surface area contributed by atoms with Crippen molar-refractivity contribution in [3.05, 3.63) is 33.8 Å². The summed E-state index contributed by atoms with van der Waals surface area (Å²) in [6.07, 6.45) is 0. The highest BCUT2D eigenvalue weighted by Crippen LogP contribution is 2.21. The summed E-state index contributed by atoms with van der Waals surface area (Å²) in [5.74, 6) is -0.181. The number of hydrogen-bond acceptors (Lipinski definition) is 1. The average Bonchev–Trinajstić information content (AvgIpc) is 2.19. The monoisotopic (exact) mass is 279 g/mol. The number of rotatable bonds is 3. The van der Waals surface area contributed by atoms with Crippen LogP contribution in [0.5, 0.6) is 0 Å². The van der Waals surface area contributed by atoms with Gasteiger partial charge in [0, 0.05) is 24.0 Å². The summed E-state index contributed by atoms with van der Waals surface area (Å²) < 4.78 is 0. The van der Waals surface area contributed by atoms with Crippen LogP contribution in [0, 0.1) is 0 Å². The summed E-state index contributed by atoms with van der Waals surface area (Å²) in [5, 5.41) is 0.774. The molecule has 0 aliphatic carbocycles. The highest BCUT2D eigenvalue weighted by atomic mass is 35.5. The van der Waals surface area contributed by atoms with E-state index < -0.39 is 0 Å². The molecule has 5 heteroatoms. The zero-order chi connectivity index (χ0) is 12.3. The van der Waals surface area contributed by atoms with E-state index in [2.05, 4.69) is 0 Å². The molecule has 1 aromatic carbocycles. The third-order valence-corrected chi connectivity index (χ3v) is 2.73. The SMILES string of the molecule is CC(Cl)CN(C)C(=O)c1cc(Cl)ccc1Cl. The molecule has 1 aromatic rings. The summed E-state index contributed by atoms with van der Waals surface area (Å²) in [6, 6.07) is 4.81. The minimum absolute atomic E-state index is 0.105. The average molecular weight is 281 g/mol.